The first kappa shape index (κ1) is 6.40. The molecule has 0 atom stereocenters. The van der Waals surface area contributed by atoms with Gasteiger partial charge >= 0.3 is 0 Å². The molecule has 1 aromatic rings. The predicted octanol–water partition coefficient (Wildman–Crippen LogP) is 2.44. The molecule has 0 saturated heterocycles. The van der Waals surface area contributed by atoms with Gasteiger partial charge in [-0.2, -0.15) is 0 Å². The minimum atomic E-state index is 1.04. The molecule has 0 unspecified atom stereocenters. The van der Waals surface area contributed by atoms with Crippen molar-refractivity contribution in [1.29, 1.82) is 0 Å². The molecule has 1 radical (unpaired) electrons. The van der Waals surface area contributed by atoms with Crippen LogP contribution in [0.2, 0.25) is 0 Å². The lowest BCUT2D eigenvalue weighted by Crippen LogP contribution is -1.87. The van der Waals surface area contributed by atoms with Gasteiger partial charge < -0.3 is 4.42 Å². The first-order chi connectivity index (χ1) is 4.29. The van der Waals surface area contributed by atoms with E-state index in [0.29, 0.717) is 0 Å². The van der Waals surface area contributed by atoms with Crippen molar-refractivity contribution in [2.24, 2.45) is 0 Å². The fourth-order valence-corrected chi connectivity index (χ4v) is 0.801. The third-order valence-electron chi connectivity index (χ3n) is 1.14. The zero-order valence-electron chi connectivity index (χ0n) is 5.85. The molecule has 0 aliphatic rings. The molecular formula is C8H11O. The quantitative estimate of drug-likeness (QED) is 0.588. The number of hydrogen-bond donors (Lipinski definition) is 0. The fraction of sp³-hybridized carbons (Fsp3) is 0.375. The lowest BCUT2D eigenvalue weighted by molar-refractivity contribution is 0.564. The zero-order valence-corrected chi connectivity index (χ0v) is 5.85. The van der Waals surface area contributed by atoms with Gasteiger partial charge in [0.1, 0.15) is 0 Å². The second-order valence-electron chi connectivity index (χ2n) is 2.52. The van der Waals surface area contributed by atoms with E-state index < -0.39 is 0 Å². The van der Waals surface area contributed by atoms with Crippen LogP contribution in [-0.2, 0) is 6.42 Å². The van der Waals surface area contributed by atoms with Gasteiger partial charge in [0, 0.05) is 0 Å². The van der Waals surface area contributed by atoms with E-state index in [1.165, 1.54) is 11.5 Å². The lowest BCUT2D eigenvalue weighted by Gasteiger charge is -1.97. The van der Waals surface area contributed by atoms with Crippen molar-refractivity contribution < 1.29 is 4.42 Å². The maximum atomic E-state index is 4.90. The van der Waals surface area contributed by atoms with E-state index in [1.807, 2.05) is 6.07 Å². The van der Waals surface area contributed by atoms with Gasteiger partial charge in [-0.25, -0.2) is 0 Å². The smallest absolute Gasteiger partial charge is 0.0934 e. The van der Waals surface area contributed by atoms with Gasteiger partial charge in [0.25, 0.3) is 0 Å². The highest BCUT2D eigenvalue weighted by molar-refractivity contribution is 5.10. The molecule has 0 N–H and O–H groups in total. The molecule has 0 saturated carbocycles. The Morgan fingerprint density at radius 3 is 2.78 bits per heavy atom. The van der Waals surface area contributed by atoms with Crippen LogP contribution in [0.1, 0.15) is 19.4 Å². The van der Waals surface area contributed by atoms with Crippen LogP contribution < -0.4 is 0 Å². The maximum Gasteiger partial charge on any atom is 0.0934 e. The minimum Gasteiger partial charge on any atom is -0.472 e. The van der Waals surface area contributed by atoms with E-state index in [9.17, 15) is 0 Å². The van der Waals surface area contributed by atoms with Gasteiger partial charge in [-0.1, -0.05) is 13.8 Å². The SMILES string of the molecule is C[C](C)Cc1ccoc1. The Kier molecular flexibility index (Phi) is 1.93. The van der Waals surface area contributed by atoms with Crippen molar-refractivity contribution in [2.45, 2.75) is 20.3 Å². The van der Waals surface area contributed by atoms with Crippen LogP contribution in [0.25, 0.3) is 0 Å². The van der Waals surface area contributed by atoms with Crippen molar-refractivity contribution in [3.63, 3.8) is 0 Å². The van der Waals surface area contributed by atoms with E-state index in [4.69, 9.17) is 4.42 Å². The molecule has 1 heterocycles. The van der Waals surface area contributed by atoms with Crippen molar-refractivity contribution in [2.75, 3.05) is 0 Å². The van der Waals surface area contributed by atoms with Crippen LogP contribution >= 0.6 is 0 Å². The van der Waals surface area contributed by atoms with Gasteiger partial charge in [-0.3, -0.25) is 0 Å². The molecule has 0 aliphatic carbocycles. The Bertz CT molecular complexity index is 151. The average molecular weight is 123 g/mol. The summed E-state index contributed by atoms with van der Waals surface area (Å²) in [5, 5.41) is 0. The second-order valence-corrected chi connectivity index (χ2v) is 2.52. The molecule has 1 rings (SSSR count). The standard InChI is InChI=1S/C8H11O/c1-7(2)5-8-3-4-9-6-8/h3-4,6H,5H2,1-2H3. The highest BCUT2D eigenvalue weighted by Gasteiger charge is 1.96. The van der Waals surface area contributed by atoms with Crippen LogP contribution in [0.3, 0.4) is 0 Å². The first-order valence-corrected chi connectivity index (χ1v) is 3.09. The van der Waals surface area contributed by atoms with Gasteiger partial charge in [-0.05, 0) is 24.0 Å². The van der Waals surface area contributed by atoms with Crippen molar-refractivity contribution >= 4 is 0 Å². The predicted molar refractivity (Wildman–Crippen MR) is 37.0 cm³/mol. The number of furan rings is 1. The highest BCUT2D eigenvalue weighted by Crippen LogP contribution is 2.08. The van der Waals surface area contributed by atoms with Crippen LogP contribution in [0.4, 0.5) is 0 Å². The molecule has 0 aromatic carbocycles. The van der Waals surface area contributed by atoms with Crippen LogP contribution in [-0.4, -0.2) is 0 Å². The van der Waals surface area contributed by atoms with Crippen molar-refractivity contribution in [3.8, 4) is 0 Å². The Labute approximate surface area is 55.7 Å². The number of rotatable bonds is 2. The van der Waals surface area contributed by atoms with E-state index >= 15 is 0 Å². The Balaban J connectivity index is 2.48. The summed E-state index contributed by atoms with van der Waals surface area (Å²) >= 11 is 0. The molecule has 1 heteroatoms. The Hall–Kier alpha value is -0.720. The topological polar surface area (TPSA) is 13.1 Å². The van der Waals surface area contributed by atoms with Gasteiger partial charge in [-0.15, -0.1) is 0 Å². The first-order valence-electron chi connectivity index (χ1n) is 3.09. The molecule has 0 amide bonds. The molecular weight excluding hydrogens is 112 g/mol. The summed E-state index contributed by atoms with van der Waals surface area (Å²) in [6.07, 6.45) is 4.53. The normalized spacial score (nSPS) is 10.6. The summed E-state index contributed by atoms with van der Waals surface area (Å²) in [6.45, 7) is 4.24. The van der Waals surface area contributed by atoms with Crippen molar-refractivity contribution in [3.05, 3.63) is 30.1 Å². The summed E-state index contributed by atoms with van der Waals surface area (Å²) in [7, 11) is 0. The van der Waals surface area contributed by atoms with Gasteiger partial charge in [0.2, 0.25) is 0 Å². The third-order valence-corrected chi connectivity index (χ3v) is 1.14. The molecule has 0 spiro atoms. The third kappa shape index (κ3) is 1.92. The fourth-order valence-electron chi connectivity index (χ4n) is 0.801. The maximum absolute atomic E-state index is 4.90. The van der Waals surface area contributed by atoms with E-state index in [2.05, 4.69) is 13.8 Å². The summed E-state index contributed by atoms with van der Waals surface area (Å²) < 4.78 is 4.90. The van der Waals surface area contributed by atoms with Crippen molar-refractivity contribution in [1.82, 2.24) is 0 Å². The Morgan fingerprint density at radius 1 is 1.56 bits per heavy atom. The largest absolute Gasteiger partial charge is 0.472 e. The summed E-state index contributed by atoms with van der Waals surface area (Å²) in [6, 6.07) is 1.99. The Morgan fingerprint density at radius 2 is 2.33 bits per heavy atom. The monoisotopic (exact) mass is 123 g/mol. The highest BCUT2D eigenvalue weighted by atomic mass is 16.3. The van der Waals surface area contributed by atoms with E-state index in [-0.39, 0.29) is 0 Å². The lowest BCUT2D eigenvalue weighted by atomic mass is 10.1. The molecule has 0 fully saturated rings. The second kappa shape index (κ2) is 2.72. The number of hydrogen-bond acceptors (Lipinski definition) is 1. The average Bonchev–Trinajstić information content (AvgIpc) is 2.15. The molecule has 49 valence electrons. The zero-order chi connectivity index (χ0) is 6.69. The molecule has 1 aromatic heterocycles. The van der Waals surface area contributed by atoms with Crippen LogP contribution in [0.5, 0.6) is 0 Å². The molecule has 1 nitrogen and oxygen atoms in total. The van der Waals surface area contributed by atoms with Crippen LogP contribution in [0.15, 0.2) is 23.0 Å². The molecule has 0 aliphatic heterocycles. The van der Waals surface area contributed by atoms with E-state index in [1.54, 1.807) is 12.5 Å². The minimum absolute atomic E-state index is 1.04. The summed E-state index contributed by atoms with van der Waals surface area (Å²) in [4.78, 5) is 0. The summed E-state index contributed by atoms with van der Waals surface area (Å²) in [5.41, 5.74) is 1.26. The van der Waals surface area contributed by atoms with E-state index in [0.717, 1.165) is 6.42 Å². The molecule has 0 bridgehead atoms. The summed E-state index contributed by atoms with van der Waals surface area (Å²) in [5.74, 6) is 1.41. The van der Waals surface area contributed by atoms with Crippen LogP contribution in [0, 0.1) is 5.92 Å². The molecule has 9 heavy (non-hydrogen) atoms. The van der Waals surface area contributed by atoms with Gasteiger partial charge in [0.15, 0.2) is 0 Å². The van der Waals surface area contributed by atoms with Gasteiger partial charge in [0.05, 0.1) is 12.5 Å².